The third-order valence-electron chi connectivity index (χ3n) is 3.57. The number of nitrogens with one attached hydrogen (secondary N) is 2. The average Bonchev–Trinajstić information content (AvgIpc) is 2.86. The van der Waals surface area contributed by atoms with Gasteiger partial charge in [0.15, 0.2) is 5.96 Å². The topological polar surface area (TPSA) is 75.9 Å². The van der Waals surface area contributed by atoms with Crippen LogP contribution >= 0.6 is 24.0 Å². The van der Waals surface area contributed by atoms with E-state index in [-0.39, 0.29) is 36.0 Å². The number of hydrogen-bond acceptors (Lipinski definition) is 4. The fraction of sp³-hybridized carbons (Fsp3) is 0.444. The standard InChI is InChI=1S/C18H25N3O3.HI/c1-12(2)23-17(22)9-10-20-18(19-4)21-11-16-13(3)14-7-5-6-8-15(14)24-16;/h5-8,12H,9-11H2,1-4H3,(H2,19,20,21);1H. The van der Waals surface area contributed by atoms with E-state index in [4.69, 9.17) is 9.15 Å². The molecule has 7 heteroatoms. The molecule has 0 spiro atoms. The number of esters is 1. The van der Waals surface area contributed by atoms with Crippen LogP contribution in [0.1, 0.15) is 31.6 Å². The lowest BCUT2D eigenvalue weighted by Crippen LogP contribution is -2.38. The van der Waals surface area contributed by atoms with Crippen molar-refractivity contribution in [3.8, 4) is 0 Å². The Morgan fingerprint density at radius 1 is 1.28 bits per heavy atom. The lowest BCUT2D eigenvalue weighted by atomic mass is 10.1. The number of nitrogens with zero attached hydrogens (tertiary/aromatic N) is 1. The lowest BCUT2D eigenvalue weighted by Gasteiger charge is -2.12. The second-order valence-corrected chi connectivity index (χ2v) is 5.79. The highest BCUT2D eigenvalue weighted by molar-refractivity contribution is 14.0. The number of rotatable bonds is 6. The van der Waals surface area contributed by atoms with Gasteiger partial charge in [0.2, 0.25) is 0 Å². The Morgan fingerprint density at radius 3 is 2.64 bits per heavy atom. The molecule has 0 saturated carbocycles. The molecule has 138 valence electrons. The molecule has 0 atom stereocenters. The second-order valence-electron chi connectivity index (χ2n) is 5.79. The van der Waals surface area contributed by atoms with Crippen molar-refractivity contribution in [2.45, 2.75) is 39.8 Å². The Hall–Kier alpha value is -1.77. The van der Waals surface area contributed by atoms with E-state index >= 15 is 0 Å². The first kappa shape index (κ1) is 21.3. The fourth-order valence-electron chi connectivity index (χ4n) is 2.38. The summed E-state index contributed by atoms with van der Waals surface area (Å²) < 4.78 is 11.0. The number of aliphatic imine (C=N–C) groups is 1. The first-order valence-electron chi connectivity index (χ1n) is 8.12. The van der Waals surface area contributed by atoms with Gasteiger partial charge in [-0.15, -0.1) is 24.0 Å². The number of carbonyl (C=O) groups excluding carboxylic acids is 1. The van der Waals surface area contributed by atoms with E-state index in [1.165, 1.54) is 0 Å². The SMILES string of the molecule is CN=C(NCCC(=O)OC(C)C)NCc1oc2ccccc2c1C.I. The van der Waals surface area contributed by atoms with Crippen molar-refractivity contribution in [3.63, 3.8) is 0 Å². The monoisotopic (exact) mass is 459 g/mol. The van der Waals surface area contributed by atoms with Crippen LogP contribution in [0.25, 0.3) is 11.0 Å². The van der Waals surface area contributed by atoms with E-state index < -0.39 is 0 Å². The molecule has 0 radical (unpaired) electrons. The van der Waals surface area contributed by atoms with E-state index in [0.717, 1.165) is 22.3 Å². The van der Waals surface area contributed by atoms with Gasteiger partial charge < -0.3 is 19.8 Å². The molecule has 2 aromatic rings. The van der Waals surface area contributed by atoms with Crippen LogP contribution in [-0.4, -0.2) is 31.6 Å². The summed E-state index contributed by atoms with van der Waals surface area (Å²) in [6.45, 7) is 6.70. The zero-order chi connectivity index (χ0) is 17.5. The van der Waals surface area contributed by atoms with Crippen molar-refractivity contribution >= 4 is 46.9 Å². The van der Waals surface area contributed by atoms with Crippen LogP contribution < -0.4 is 10.6 Å². The molecule has 1 heterocycles. The van der Waals surface area contributed by atoms with Crippen molar-refractivity contribution in [3.05, 3.63) is 35.6 Å². The number of fused-ring (bicyclic) bond motifs is 1. The molecule has 0 bridgehead atoms. The Morgan fingerprint density at radius 2 is 2.00 bits per heavy atom. The largest absolute Gasteiger partial charge is 0.463 e. The lowest BCUT2D eigenvalue weighted by molar-refractivity contribution is -0.147. The molecule has 0 aliphatic carbocycles. The molecule has 0 amide bonds. The number of aryl methyl sites for hydroxylation is 1. The van der Waals surface area contributed by atoms with E-state index in [9.17, 15) is 4.79 Å². The van der Waals surface area contributed by atoms with Crippen LogP contribution in [-0.2, 0) is 16.1 Å². The van der Waals surface area contributed by atoms with Gasteiger partial charge in [0.05, 0.1) is 19.1 Å². The average molecular weight is 459 g/mol. The van der Waals surface area contributed by atoms with Gasteiger partial charge in [0, 0.05) is 24.5 Å². The Bertz CT molecular complexity index is 725. The van der Waals surface area contributed by atoms with Gasteiger partial charge in [-0.1, -0.05) is 18.2 Å². The molecule has 25 heavy (non-hydrogen) atoms. The third kappa shape index (κ3) is 6.22. The summed E-state index contributed by atoms with van der Waals surface area (Å²) in [5.74, 6) is 1.27. The molecule has 1 aromatic carbocycles. The van der Waals surface area contributed by atoms with E-state index in [2.05, 4.69) is 15.6 Å². The molecule has 1 aromatic heterocycles. The summed E-state index contributed by atoms with van der Waals surface area (Å²) in [5, 5.41) is 7.41. The molecular weight excluding hydrogens is 433 g/mol. The number of guanidine groups is 1. The molecule has 0 aliphatic rings. The first-order chi connectivity index (χ1) is 11.5. The first-order valence-corrected chi connectivity index (χ1v) is 8.12. The predicted octanol–water partition coefficient (Wildman–Crippen LogP) is 3.37. The normalized spacial score (nSPS) is 11.3. The summed E-state index contributed by atoms with van der Waals surface area (Å²) >= 11 is 0. The number of hydrogen-bond donors (Lipinski definition) is 2. The number of para-hydroxylation sites is 1. The van der Waals surface area contributed by atoms with Crippen LogP contribution in [0.3, 0.4) is 0 Å². The minimum atomic E-state index is -0.221. The maximum absolute atomic E-state index is 11.5. The second kappa shape index (κ2) is 10.3. The van der Waals surface area contributed by atoms with Crippen molar-refractivity contribution in [1.29, 1.82) is 0 Å². The van der Waals surface area contributed by atoms with Crippen molar-refractivity contribution in [2.24, 2.45) is 4.99 Å². The highest BCUT2D eigenvalue weighted by Crippen LogP contribution is 2.24. The van der Waals surface area contributed by atoms with Gasteiger partial charge >= 0.3 is 5.97 Å². The Kier molecular flexibility index (Phi) is 8.74. The number of furan rings is 1. The van der Waals surface area contributed by atoms with Gasteiger partial charge in [-0.2, -0.15) is 0 Å². The van der Waals surface area contributed by atoms with Crippen LogP contribution in [0.5, 0.6) is 0 Å². The molecule has 2 rings (SSSR count). The molecule has 0 saturated heterocycles. The van der Waals surface area contributed by atoms with Crippen LogP contribution in [0, 0.1) is 6.92 Å². The summed E-state index contributed by atoms with van der Waals surface area (Å²) in [6.07, 6.45) is 0.203. The van der Waals surface area contributed by atoms with Gasteiger partial charge in [-0.25, -0.2) is 0 Å². The number of halogens is 1. The quantitative estimate of drug-likeness (QED) is 0.300. The van der Waals surface area contributed by atoms with Gasteiger partial charge in [-0.05, 0) is 26.8 Å². The summed E-state index contributed by atoms with van der Waals surface area (Å²) in [7, 11) is 1.69. The number of ether oxygens (including phenoxy) is 1. The van der Waals surface area contributed by atoms with Crippen molar-refractivity contribution in [2.75, 3.05) is 13.6 Å². The zero-order valence-corrected chi connectivity index (χ0v) is 17.4. The molecular formula is C18H26IN3O3. The molecule has 0 aliphatic heterocycles. The number of benzene rings is 1. The van der Waals surface area contributed by atoms with Crippen molar-refractivity contribution < 1.29 is 13.9 Å². The van der Waals surface area contributed by atoms with E-state index in [1.807, 2.05) is 45.0 Å². The highest BCUT2D eigenvalue weighted by atomic mass is 127. The van der Waals surface area contributed by atoms with Gasteiger partial charge in [0.25, 0.3) is 0 Å². The van der Waals surface area contributed by atoms with Crippen molar-refractivity contribution in [1.82, 2.24) is 10.6 Å². The minimum Gasteiger partial charge on any atom is -0.463 e. The molecule has 6 nitrogen and oxygen atoms in total. The highest BCUT2D eigenvalue weighted by Gasteiger charge is 2.10. The van der Waals surface area contributed by atoms with Crippen LogP contribution in [0.2, 0.25) is 0 Å². The van der Waals surface area contributed by atoms with Gasteiger partial charge in [-0.3, -0.25) is 9.79 Å². The molecule has 2 N–H and O–H groups in total. The smallest absolute Gasteiger partial charge is 0.307 e. The van der Waals surface area contributed by atoms with E-state index in [0.29, 0.717) is 25.5 Å². The fourth-order valence-corrected chi connectivity index (χ4v) is 2.38. The summed E-state index contributed by atoms with van der Waals surface area (Å²) in [4.78, 5) is 15.7. The molecule has 0 fully saturated rings. The zero-order valence-electron chi connectivity index (χ0n) is 15.1. The summed E-state index contributed by atoms with van der Waals surface area (Å²) in [6, 6.07) is 7.96. The predicted molar refractivity (Wildman–Crippen MR) is 110 cm³/mol. The maximum atomic E-state index is 11.5. The van der Waals surface area contributed by atoms with E-state index in [1.54, 1.807) is 7.05 Å². The Balaban J connectivity index is 0.00000312. The molecule has 0 unspecified atom stereocenters. The number of carbonyl (C=O) groups is 1. The Labute approximate surface area is 165 Å². The maximum Gasteiger partial charge on any atom is 0.307 e. The van der Waals surface area contributed by atoms with Crippen LogP contribution in [0.15, 0.2) is 33.7 Å². The summed E-state index contributed by atoms with van der Waals surface area (Å²) in [5.41, 5.74) is 2.00. The van der Waals surface area contributed by atoms with Crippen LogP contribution in [0.4, 0.5) is 0 Å². The third-order valence-corrected chi connectivity index (χ3v) is 3.57. The van der Waals surface area contributed by atoms with Gasteiger partial charge in [0.1, 0.15) is 11.3 Å². The minimum absolute atomic E-state index is 0.